The first kappa shape index (κ1) is 35.9. The predicted octanol–water partition coefficient (Wildman–Crippen LogP) is 9.93. The van der Waals surface area contributed by atoms with E-state index in [4.69, 9.17) is 9.47 Å². The summed E-state index contributed by atoms with van der Waals surface area (Å²) in [5, 5.41) is 12.4. The van der Waals surface area contributed by atoms with Crippen molar-refractivity contribution >= 4 is 11.9 Å². The predicted molar refractivity (Wildman–Crippen MR) is 192 cm³/mol. The van der Waals surface area contributed by atoms with E-state index in [9.17, 15) is 14.7 Å². The molecule has 0 amide bonds. The van der Waals surface area contributed by atoms with Crippen LogP contribution in [-0.4, -0.2) is 35.9 Å². The first-order valence-corrected chi connectivity index (χ1v) is 19.5. The third-order valence-electron chi connectivity index (χ3n) is 16.2. The molecule has 0 saturated heterocycles. The molecule has 0 aromatic carbocycles. The third kappa shape index (κ3) is 5.88. The SMILES string of the molecule is C=C[C@@]1(C)CC[C@@]2(O)[C@H](CC[C@@H]3[C@](C)(COC(=O)CC(=O)OC[C@]4(C)CCC[C@@]5(C)C6=CC[C@@](C)(C=C)C[C@H]6CC[C@H]45)CCC[C@]32C)C1. The van der Waals surface area contributed by atoms with Gasteiger partial charge in [0.1, 0.15) is 6.42 Å². The summed E-state index contributed by atoms with van der Waals surface area (Å²) in [5.41, 5.74) is 0.848. The summed E-state index contributed by atoms with van der Waals surface area (Å²) in [7, 11) is 0. The van der Waals surface area contributed by atoms with Gasteiger partial charge in [0, 0.05) is 16.2 Å². The van der Waals surface area contributed by atoms with E-state index >= 15 is 0 Å². The summed E-state index contributed by atoms with van der Waals surface area (Å²) in [6, 6.07) is 0. The monoisotopic (exact) mass is 662 g/mol. The molecule has 6 rings (SSSR count). The molecule has 5 saturated carbocycles. The molecule has 0 bridgehead atoms. The Balaban J connectivity index is 1.04. The highest BCUT2D eigenvalue weighted by atomic mass is 16.6. The molecule has 6 aliphatic rings. The molecule has 5 fully saturated rings. The summed E-state index contributed by atoms with van der Waals surface area (Å²) < 4.78 is 11.9. The van der Waals surface area contributed by atoms with Crippen molar-refractivity contribution in [1.82, 2.24) is 0 Å². The molecule has 268 valence electrons. The Labute approximate surface area is 291 Å². The average molecular weight is 663 g/mol. The summed E-state index contributed by atoms with van der Waals surface area (Å²) >= 11 is 0. The van der Waals surface area contributed by atoms with Crippen molar-refractivity contribution in [3.05, 3.63) is 37.0 Å². The maximum atomic E-state index is 13.1. The van der Waals surface area contributed by atoms with Crippen LogP contribution in [0.15, 0.2) is 37.0 Å². The standard InChI is InChI=1S/C43H66O5/c1-9-37(3)22-17-32-30(26-37)13-15-33-39(5,18-11-20-41(32,33)7)28-47-35(44)25-36(45)48-29-40(6)19-12-21-42(8)34(40)16-14-31-27-38(4,10-2)23-24-43(31,42)46/h9-10,17,30-31,33-34,46H,1-2,11-16,18-29H2,3-8H3/t30-,31-,33-,34-,37-,38+,39+,40+,41+,42-,43-/m1/s1. The Hall–Kier alpha value is -1.88. The van der Waals surface area contributed by atoms with E-state index in [-0.39, 0.29) is 50.7 Å². The zero-order valence-electron chi connectivity index (χ0n) is 31.3. The lowest BCUT2D eigenvalue weighted by Crippen LogP contribution is -2.65. The number of hydrogen-bond donors (Lipinski definition) is 1. The van der Waals surface area contributed by atoms with E-state index < -0.39 is 17.5 Å². The van der Waals surface area contributed by atoms with Crippen molar-refractivity contribution in [2.45, 2.75) is 150 Å². The topological polar surface area (TPSA) is 72.8 Å². The lowest BCUT2D eigenvalue weighted by Gasteiger charge is -2.66. The maximum Gasteiger partial charge on any atom is 0.317 e. The van der Waals surface area contributed by atoms with Crippen molar-refractivity contribution in [1.29, 1.82) is 0 Å². The van der Waals surface area contributed by atoms with Crippen molar-refractivity contribution in [2.24, 2.45) is 56.2 Å². The lowest BCUT2D eigenvalue weighted by molar-refractivity contribution is -0.241. The van der Waals surface area contributed by atoms with E-state index in [0.717, 1.165) is 77.0 Å². The highest BCUT2D eigenvalue weighted by Crippen LogP contribution is 2.67. The van der Waals surface area contributed by atoms with Crippen molar-refractivity contribution in [3.63, 3.8) is 0 Å². The van der Waals surface area contributed by atoms with Gasteiger partial charge in [0.05, 0.1) is 18.8 Å². The molecule has 0 heterocycles. The van der Waals surface area contributed by atoms with Crippen LogP contribution >= 0.6 is 0 Å². The molecule has 0 radical (unpaired) electrons. The van der Waals surface area contributed by atoms with Crippen LogP contribution in [0, 0.1) is 56.2 Å². The second-order valence-electron chi connectivity index (χ2n) is 19.4. The Kier molecular flexibility index (Phi) is 9.29. The molecule has 0 aromatic rings. The molecule has 0 unspecified atom stereocenters. The van der Waals surface area contributed by atoms with Crippen LogP contribution in [0.2, 0.25) is 0 Å². The molecule has 0 aromatic heterocycles. The Morgan fingerprint density at radius 3 is 2.02 bits per heavy atom. The van der Waals surface area contributed by atoms with Gasteiger partial charge in [-0.2, -0.15) is 0 Å². The lowest BCUT2D eigenvalue weighted by atomic mass is 9.41. The molecule has 5 nitrogen and oxygen atoms in total. The maximum absolute atomic E-state index is 13.1. The number of aliphatic hydroxyl groups is 1. The number of allylic oxidation sites excluding steroid dienone is 4. The van der Waals surface area contributed by atoms with Crippen molar-refractivity contribution in [2.75, 3.05) is 13.2 Å². The van der Waals surface area contributed by atoms with E-state index in [1.807, 2.05) is 0 Å². The molecular weight excluding hydrogens is 596 g/mol. The molecular formula is C43H66O5. The highest BCUT2D eigenvalue weighted by Gasteiger charge is 2.65. The number of ether oxygens (including phenoxy) is 2. The largest absolute Gasteiger partial charge is 0.465 e. The summed E-state index contributed by atoms with van der Waals surface area (Å²) in [6.07, 6.45) is 22.2. The van der Waals surface area contributed by atoms with Gasteiger partial charge in [-0.25, -0.2) is 0 Å². The van der Waals surface area contributed by atoms with Gasteiger partial charge < -0.3 is 14.6 Å². The van der Waals surface area contributed by atoms with Crippen molar-refractivity contribution < 1.29 is 24.2 Å². The number of esters is 2. The van der Waals surface area contributed by atoms with Gasteiger partial charge in [0.15, 0.2) is 0 Å². The van der Waals surface area contributed by atoms with E-state index in [1.54, 1.807) is 5.57 Å². The minimum absolute atomic E-state index is 0.0941. The number of carbonyl (C=O) groups is 2. The Bertz CT molecular complexity index is 1330. The van der Waals surface area contributed by atoms with E-state index in [2.05, 4.69) is 72.9 Å². The van der Waals surface area contributed by atoms with Crippen LogP contribution in [0.5, 0.6) is 0 Å². The Morgan fingerprint density at radius 2 is 1.38 bits per heavy atom. The van der Waals surface area contributed by atoms with Gasteiger partial charge >= 0.3 is 11.9 Å². The molecule has 11 atom stereocenters. The van der Waals surface area contributed by atoms with Crippen LogP contribution < -0.4 is 0 Å². The van der Waals surface area contributed by atoms with Crippen LogP contribution in [0.4, 0.5) is 0 Å². The molecule has 1 N–H and O–H groups in total. The number of hydrogen-bond acceptors (Lipinski definition) is 5. The molecule has 6 aliphatic carbocycles. The van der Waals surface area contributed by atoms with Gasteiger partial charge in [0.25, 0.3) is 0 Å². The smallest absolute Gasteiger partial charge is 0.317 e. The van der Waals surface area contributed by atoms with E-state index in [1.165, 1.54) is 19.3 Å². The highest BCUT2D eigenvalue weighted by molar-refractivity contribution is 5.91. The van der Waals surface area contributed by atoms with Crippen LogP contribution in [0.3, 0.4) is 0 Å². The first-order valence-electron chi connectivity index (χ1n) is 19.5. The number of rotatable bonds is 8. The van der Waals surface area contributed by atoms with Gasteiger partial charge in [-0.15, -0.1) is 13.2 Å². The summed E-state index contributed by atoms with van der Waals surface area (Å²) in [5.74, 6) is 0.683. The quantitative estimate of drug-likeness (QED) is 0.159. The second-order valence-corrected chi connectivity index (χ2v) is 19.4. The van der Waals surface area contributed by atoms with Gasteiger partial charge in [-0.3, -0.25) is 9.59 Å². The average Bonchev–Trinajstić information content (AvgIpc) is 3.04. The number of carbonyl (C=O) groups excluding carboxylic acids is 2. The van der Waals surface area contributed by atoms with Gasteiger partial charge in [-0.1, -0.05) is 78.2 Å². The second kappa shape index (κ2) is 12.4. The molecule has 0 spiro atoms. The van der Waals surface area contributed by atoms with Crippen LogP contribution in [0.25, 0.3) is 0 Å². The van der Waals surface area contributed by atoms with Gasteiger partial charge in [0.2, 0.25) is 0 Å². The normalized spacial score (nSPS) is 48.4. The van der Waals surface area contributed by atoms with Crippen LogP contribution in [-0.2, 0) is 19.1 Å². The minimum atomic E-state index is -0.696. The fourth-order valence-corrected chi connectivity index (χ4v) is 13.1. The summed E-state index contributed by atoms with van der Waals surface area (Å²) in [4.78, 5) is 26.2. The van der Waals surface area contributed by atoms with Gasteiger partial charge in [-0.05, 0) is 123 Å². The zero-order chi connectivity index (χ0) is 34.8. The third-order valence-corrected chi connectivity index (χ3v) is 16.2. The summed E-state index contributed by atoms with van der Waals surface area (Å²) in [6.45, 7) is 22.9. The fourth-order valence-electron chi connectivity index (χ4n) is 13.1. The first-order chi connectivity index (χ1) is 22.5. The molecule has 5 heteroatoms. The van der Waals surface area contributed by atoms with Crippen LogP contribution in [0.1, 0.15) is 144 Å². The Morgan fingerprint density at radius 1 is 0.771 bits per heavy atom. The zero-order valence-corrected chi connectivity index (χ0v) is 31.3. The van der Waals surface area contributed by atoms with E-state index in [0.29, 0.717) is 25.0 Å². The van der Waals surface area contributed by atoms with Crippen molar-refractivity contribution in [3.8, 4) is 0 Å². The fraction of sp³-hybridized carbons (Fsp3) is 0.814. The number of fused-ring (bicyclic) bond motifs is 6. The molecule has 0 aliphatic heterocycles. The minimum Gasteiger partial charge on any atom is -0.465 e. The molecule has 48 heavy (non-hydrogen) atoms.